The second kappa shape index (κ2) is 3.04. The van der Waals surface area contributed by atoms with E-state index in [0.29, 0.717) is 0 Å². The van der Waals surface area contributed by atoms with E-state index in [1.165, 1.54) is 0 Å². The molecule has 0 aliphatic heterocycles. The third-order valence-electron chi connectivity index (χ3n) is 0. The summed E-state index contributed by atoms with van der Waals surface area (Å²) in [5.74, 6) is 0. The molecule has 0 aromatic rings. The minimum absolute atomic E-state index is 0. The van der Waals surface area contributed by atoms with Gasteiger partial charge in [0.1, 0.15) is 0 Å². The van der Waals surface area contributed by atoms with Crippen LogP contribution in [0.1, 0.15) is 0 Å². The molecule has 0 aromatic heterocycles. The van der Waals surface area contributed by atoms with Crippen LogP contribution in [0.25, 0.3) is 0 Å². The lowest BCUT2D eigenvalue weighted by Crippen LogP contribution is -1.76. The first-order chi connectivity index (χ1) is 2.00. The van der Waals surface area contributed by atoms with Gasteiger partial charge in [0.15, 0.2) is 0 Å². The number of halogens is 2. The van der Waals surface area contributed by atoms with E-state index in [1.807, 2.05) is 0 Å². The van der Waals surface area contributed by atoms with Crippen LogP contribution >= 0.6 is 34.7 Å². The number of hydrogen-bond acceptors (Lipinski definition) is 2. The Morgan fingerprint density at radius 3 is 1.50 bits per heavy atom. The molecule has 0 bridgehead atoms. The zero-order chi connectivity index (χ0) is 4.50. The van der Waals surface area contributed by atoms with E-state index in [4.69, 9.17) is 0 Å². The topological polar surface area (TPSA) is 34.1 Å². The second-order valence-corrected chi connectivity index (χ2v) is 3.73. The van der Waals surface area contributed by atoms with E-state index in [0.717, 1.165) is 6.26 Å². The molecular weight excluding hydrogens is 238 g/mol. The maximum atomic E-state index is 9.40. The summed E-state index contributed by atoms with van der Waals surface area (Å²) in [5, 5.41) is 0. The summed E-state index contributed by atoms with van der Waals surface area (Å²) in [6.07, 6.45) is 0.925. The van der Waals surface area contributed by atoms with Gasteiger partial charge in [-0.1, -0.05) is 0 Å². The molecule has 2 nitrogen and oxygen atoms in total. The van der Waals surface area contributed by atoms with Gasteiger partial charge < -0.3 is 0 Å². The van der Waals surface area contributed by atoms with E-state index >= 15 is 0 Å². The maximum Gasteiger partial charge on any atom is 0.229 e. The van der Waals surface area contributed by atoms with Gasteiger partial charge in [0, 0.05) is 10.7 Å². The predicted octanol–water partition coefficient (Wildman–Crippen LogP) is 0.803. The molecule has 6 heavy (non-hydrogen) atoms. The Bertz CT molecular complexity index is 96.7. The van der Waals surface area contributed by atoms with Crippen molar-refractivity contribution in [3.8, 4) is 0 Å². The first kappa shape index (κ1) is 10.1. The van der Waals surface area contributed by atoms with Crippen molar-refractivity contribution in [1.82, 2.24) is 0 Å². The van der Waals surface area contributed by atoms with E-state index in [9.17, 15) is 8.42 Å². The Balaban J connectivity index is 0. The van der Waals surface area contributed by atoms with Gasteiger partial charge in [-0.05, 0) is 0 Å². The number of hydrogen-bond donors (Lipinski definition) is 0. The second-order valence-electron chi connectivity index (χ2n) is 0.682. The van der Waals surface area contributed by atoms with Crippen LogP contribution in [0, 0.1) is 0 Å². The van der Waals surface area contributed by atoms with E-state index in [1.54, 1.807) is 0 Å². The summed E-state index contributed by atoms with van der Waals surface area (Å²) in [5.41, 5.74) is 0. The van der Waals surface area contributed by atoms with Crippen LogP contribution in [0.4, 0.5) is 0 Å². The quantitative estimate of drug-likeness (QED) is 0.465. The normalized spacial score (nSPS) is 9.67. The zero-order valence-electron chi connectivity index (χ0n) is 3.01. The van der Waals surface area contributed by atoms with Crippen LogP contribution in [-0.4, -0.2) is 14.7 Å². The standard InChI is InChI=1S/CH3ClO2S.HI/c1-5(2,3)4;/h1H3;1H. The van der Waals surface area contributed by atoms with Crippen LogP contribution in [0.5, 0.6) is 0 Å². The van der Waals surface area contributed by atoms with Gasteiger partial charge in [-0.2, -0.15) is 0 Å². The Morgan fingerprint density at radius 1 is 1.50 bits per heavy atom. The summed E-state index contributed by atoms with van der Waals surface area (Å²) < 4.78 is 18.8. The fraction of sp³-hybridized carbons (Fsp3) is 1.00. The Kier molecular flexibility index (Phi) is 5.09. The van der Waals surface area contributed by atoms with E-state index < -0.39 is 9.05 Å². The number of rotatable bonds is 0. The smallest absolute Gasteiger partial charge is 0.213 e. The third kappa shape index (κ3) is 83.3. The third-order valence-corrected chi connectivity index (χ3v) is 0. The molecule has 0 heterocycles. The molecule has 0 atom stereocenters. The van der Waals surface area contributed by atoms with Crippen LogP contribution in [0.3, 0.4) is 0 Å². The molecule has 0 radical (unpaired) electrons. The van der Waals surface area contributed by atoms with Gasteiger partial charge in [-0.3, -0.25) is 0 Å². The molecule has 0 amide bonds. The van der Waals surface area contributed by atoms with Crippen molar-refractivity contribution in [2.24, 2.45) is 0 Å². The SMILES string of the molecule is CS(=O)(=O)Cl.I. The average Bonchev–Trinajstić information content (AvgIpc) is 0.722. The molecule has 0 saturated heterocycles. The molecule has 0 rings (SSSR count). The summed E-state index contributed by atoms with van der Waals surface area (Å²) in [6.45, 7) is 0. The predicted molar refractivity (Wildman–Crippen MR) is 36.1 cm³/mol. The van der Waals surface area contributed by atoms with Crippen molar-refractivity contribution >= 4 is 43.7 Å². The Labute approximate surface area is 58.3 Å². The minimum atomic E-state index is -3.19. The lowest BCUT2D eigenvalue weighted by molar-refractivity contribution is 0.615. The van der Waals surface area contributed by atoms with Crippen LogP contribution in [-0.2, 0) is 9.05 Å². The summed E-state index contributed by atoms with van der Waals surface area (Å²) in [6, 6.07) is 0. The molecule has 0 unspecified atom stereocenters. The van der Waals surface area contributed by atoms with Gasteiger partial charge in [0.25, 0.3) is 0 Å². The average molecular weight is 242 g/mol. The van der Waals surface area contributed by atoms with Gasteiger partial charge in [0.2, 0.25) is 9.05 Å². The molecule has 0 fully saturated rings. The van der Waals surface area contributed by atoms with Gasteiger partial charge in [-0.15, -0.1) is 24.0 Å². The summed E-state index contributed by atoms with van der Waals surface area (Å²) in [7, 11) is 1.31. The highest BCUT2D eigenvalue weighted by Crippen LogP contribution is 1.83. The van der Waals surface area contributed by atoms with Crippen LogP contribution in [0.2, 0.25) is 0 Å². The molecule has 0 spiro atoms. The molecule has 40 valence electrons. The molecule has 0 saturated carbocycles. The van der Waals surface area contributed by atoms with Crippen molar-refractivity contribution in [3.05, 3.63) is 0 Å². The summed E-state index contributed by atoms with van der Waals surface area (Å²) >= 11 is 0. The summed E-state index contributed by atoms with van der Waals surface area (Å²) in [4.78, 5) is 0. The van der Waals surface area contributed by atoms with Crippen molar-refractivity contribution in [3.63, 3.8) is 0 Å². The molecule has 0 N–H and O–H groups in total. The largest absolute Gasteiger partial charge is 0.229 e. The maximum absolute atomic E-state index is 9.40. The van der Waals surface area contributed by atoms with Gasteiger partial charge >= 0.3 is 0 Å². The molecule has 0 aliphatic rings. The zero-order valence-corrected chi connectivity index (χ0v) is 6.91. The molecule has 0 aromatic carbocycles. The van der Waals surface area contributed by atoms with Crippen LogP contribution in [0.15, 0.2) is 0 Å². The highest BCUT2D eigenvalue weighted by molar-refractivity contribution is 14.0. The van der Waals surface area contributed by atoms with Crippen molar-refractivity contribution in [1.29, 1.82) is 0 Å². The van der Waals surface area contributed by atoms with Gasteiger partial charge in [-0.25, -0.2) is 8.42 Å². The Morgan fingerprint density at radius 2 is 1.50 bits per heavy atom. The first-order valence-electron chi connectivity index (χ1n) is 0.896. The molecule has 0 aliphatic carbocycles. The minimum Gasteiger partial charge on any atom is -0.213 e. The first-order valence-corrected chi connectivity index (χ1v) is 3.61. The lowest BCUT2D eigenvalue weighted by Gasteiger charge is -1.65. The van der Waals surface area contributed by atoms with Crippen molar-refractivity contribution in [2.75, 3.05) is 6.26 Å². The van der Waals surface area contributed by atoms with E-state index in [2.05, 4.69) is 10.7 Å². The van der Waals surface area contributed by atoms with Crippen molar-refractivity contribution in [2.45, 2.75) is 0 Å². The van der Waals surface area contributed by atoms with E-state index in [-0.39, 0.29) is 24.0 Å². The lowest BCUT2D eigenvalue weighted by atomic mass is 12.0. The monoisotopic (exact) mass is 242 g/mol. The highest BCUT2D eigenvalue weighted by atomic mass is 127. The van der Waals surface area contributed by atoms with Crippen molar-refractivity contribution < 1.29 is 8.42 Å². The van der Waals surface area contributed by atoms with Crippen LogP contribution < -0.4 is 0 Å². The molecular formula is CH4ClIO2S. The van der Waals surface area contributed by atoms with Gasteiger partial charge in [0.05, 0.1) is 6.26 Å². The fourth-order valence-electron chi connectivity index (χ4n) is 0. The Hall–Kier alpha value is 0.970. The highest BCUT2D eigenvalue weighted by Gasteiger charge is 1.83. The molecule has 5 heteroatoms. The fourth-order valence-corrected chi connectivity index (χ4v) is 0.